The van der Waals surface area contributed by atoms with Crippen LogP contribution in [0.3, 0.4) is 0 Å². The number of ether oxygens (including phenoxy) is 1. The highest BCUT2D eigenvalue weighted by atomic mass is 32.2. The molecule has 1 aliphatic carbocycles. The number of carbonyl (C=O) groups is 1. The van der Waals surface area contributed by atoms with Crippen LogP contribution in [0.15, 0.2) is 41.8 Å². The maximum absolute atomic E-state index is 12.5. The number of fused-ring (bicyclic) bond motifs is 1. The molecule has 1 unspecified atom stereocenters. The second kappa shape index (κ2) is 7.12. The molecular weight excluding hydrogens is 334 g/mol. The van der Waals surface area contributed by atoms with Crippen LogP contribution in [0.5, 0.6) is 5.75 Å². The molecule has 1 aromatic heterocycles. The van der Waals surface area contributed by atoms with Crippen molar-refractivity contribution in [2.24, 2.45) is 7.05 Å². The summed E-state index contributed by atoms with van der Waals surface area (Å²) in [6, 6.07) is 8.16. The number of aromatic nitrogens is 2. The third kappa shape index (κ3) is 3.68. The van der Waals surface area contributed by atoms with Crippen LogP contribution in [0.25, 0.3) is 0 Å². The summed E-state index contributed by atoms with van der Waals surface area (Å²) < 4.78 is 7.85. The average molecular weight is 357 g/mol. The van der Waals surface area contributed by atoms with E-state index in [9.17, 15) is 4.79 Å². The molecule has 0 bridgehead atoms. The predicted molar refractivity (Wildman–Crippen MR) is 97.8 cm³/mol. The molecule has 25 heavy (non-hydrogen) atoms. The Morgan fingerprint density at radius 2 is 2.08 bits per heavy atom. The summed E-state index contributed by atoms with van der Waals surface area (Å²) in [5, 5.41) is 4.85. The molecule has 1 saturated carbocycles. The third-order valence-corrected chi connectivity index (χ3v) is 6.42. The second-order valence-electron chi connectivity index (χ2n) is 6.84. The number of imidazole rings is 1. The molecular formula is C19H23N3O2S. The number of thioether (sulfide) groups is 1. The molecule has 2 aliphatic rings. The highest BCUT2D eigenvalue weighted by molar-refractivity contribution is 7.99. The Morgan fingerprint density at radius 1 is 1.28 bits per heavy atom. The Balaban J connectivity index is 1.25. The molecule has 132 valence electrons. The first-order chi connectivity index (χ1) is 12.2. The Kier molecular flexibility index (Phi) is 4.70. The largest absolute Gasteiger partial charge is 0.480 e. The van der Waals surface area contributed by atoms with Crippen LogP contribution in [0.4, 0.5) is 0 Å². The number of nitrogens with zero attached hydrogens (tertiary/aromatic N) is 2. The van der Waals surface area contributed by atoms with E-state index in [-0.39, 0.29) is 18.1 Å². The lowest BCUT2D eigenvalue weighted by Gasteiger charge is -2.29. The predicted octanol–water partition coefficient (Wildman–Crippen LogP) is 2.94. The van der Waals surface area contributed by atoms with Gasteiger partial charge in [-0.25, -0.2) is 4.98 Å². The molecule has 0 saturated heterocycles. The molecule has 1 aliphatic heterocycles. The van der Waals surface area contributed by atoms with Crippen LogP contribution in [0.1, 0.15) is 31.2 Å². The minimum absolute atomic E-state index is 0.0244. The summed E-state index contributed by atoms with van der Waals surface area (Å²) in [6.07, 6.45) is 8.37. The zero-order valence-electron chi connectivity index (χ0n) is 14.4. The number of benzene rings is 1. The monoisotopic (exact) mass is 357 g/mol. The van der Waals surface area contributed by atoms with E-state index >= 15 is 0 Å². The maximum atomic E-state index is 12.5. The van der Waals surface area contributed by atoms with Gasteiger partial charge in [0.15, 0.2) is 11.3 Å². The zero-order chi connectivity index (χ0) is 17.2. The van der Waals surface area contributed by atoms with Crippen molar-refractivity contribution in [3.8, 4) is 5.75 Å². The smallest absolute Gasteiger partial charge is 0.261 e. The Bertz CT molecular complexity index is 728. The summed E-state index contributed by atoms with van der Waals surface area (Å²) in [4.78, 5) is 16.9. The highest BCUT2D eigenvalue weighted by Crippen LogP contribution is 2.33. The van der Waals surface area contributed by atoms with Crippen molar-refractivity contribution in [2.75, 3.05) is 0 Å². The second-order valence-corrected chi connectivity index (χ2v) is 8.11. The molecule has 1 aromatic carbocycles. The van der Waals surface area contributed by atoms with Gasteiger partial charge < -0.3 is 14.6 Å². The Labute approximate surface area is 152 Å². The van der Waals surface area contributed by atoms with Gasteiger partial charge >= 0.3 is 0 Å². The number of aryl methyl sites for hydroxylation is 1. The number of hydrogen-bond acceptors (Lipinski definition) is 4. The summed E-state index contributed by atoms with van der Waals surface area (Å²) in [6.45, 7) is 0. The van der Waals surface area contributed by atoms with Gasteiger partial charge in [0.1, 0.15) is 5.75 Å². The number of hydrogen-bond donors (Lipinski definition) is 1. The van der Waals surface area contributed by atoms with Crippen molar-refractivity contribution in [2.45, 2.75) is 54.7 Å². The number of rotatable bonds is 4. The van der Waals surface area contributed by atoms with E-state index < -0.39 is 0 Å². The van der Waals surface area contributed by atoms with Gasteiger partial charge in [0.05, 0.1) is 0 Å². The quantitative estimate of drug-likeness (QED) is 0.914. The van der Waals surface area contributed by atoms with Crippen molar-refractivity contribution >= 4 is 17.7 Å². The minimum Gasteiger partial charge on any atom is -0.480 e. The van der Waals surface area contributed by atoms with Crippen molar-refractivity contribution in [3.63, 3.8) is 0 Å². The Hall–Kier alpha value is -1.95. The molecule has 1 atom stereocenters. The average Bonchev–Trinajstić information content (AvgIpc) is 3.23. The fourth-order valence-electron chi connectivity index (χ4n) is 3.56. The minimum atomic E-state index is -0.378. The van der Waals surface area contributed by atoms with Gasteiger partial charge in [0.25, 0.3) is 5.91 Å². The van der Waals surface area contributed by atoms with Crippen molar-refractivity contribution in [1.29, 1.82) is 0 Å². The van der Waals surface area contributed by atoms with E-state index in [4.69, 9.17) is 4.74 Å². The van der Waals surface area contributed by atoms with Crippen molar-refractivity contribution < 1.29 is 9.53 Å². The van der Waals surface area contributed by atoms with E-state index in [2.05, 4.69) is 14.9 Å². The lowest BCUT2D eigenvalue weighted by atomic mass is 9.94. The lowest BCUT2D eigenvalue weighted by Crippen LogP contribution is -2.44. The topological polar surface area (TPSA) is 56.2 Å². The van der Waals surface area contributed by atoms with Crippen molar-refractivity contribution in [1.82, 2.24) is 14.9 Å². The first-order valence-electron chi connectivity index (χ1n) is 8.88. The number of amides is 1. The SMILES string of the molecule is Cn1ccnc1SC1CCC(NC(=O)C2Cc3ccccc3O2)CC1. The van der Waals surface area contributed by atoms with E-state index in [1.807, 2.05) is 55.5 Å². The molecule has 2 aromatic rings. The molecule has 0 radical (unpaired) electrons. The normalized spacial score (nSPS) is 25.2. The van der Waals surface area contributed by atoms with Crippen LogP contribution < -0.4 is 10.1 Å². The number of carbonyl (C=O) groups excluding carboxylic acids is 1. The van der Waals surface area contributed by atoms with Gasteiger partial charge in [0, 0.05) is 37.2 Å². The molecule has 0 spiro atoms. The number of nitrogens with one attached hydrogen (secondary N) is 1. The number of para-hydroxylation sites is 1. The fraction of sp³-hybridized carbons (Fsp3) is 0.474. The first-order valence-corrected chi connectivity index (χ1v) is 9.76. The zero-order valence-corrected chi connectivity index (χ0v) is 15.2. The molecule has 1 N–H and O–H groups in total. The maximum Gasteiger partial charge on any atom is 0.261 e. The molecule has 2 heterocycles. The van der Waals surface area contributed by atoms with Crippen LogP contribution >= 0.6 is 11.8 Å². The standard InChI is InChI=1S/C19H23N3O2S/c1-22-11-10-20-19(22)25-15-8-6-14(7-9-15)21-18(23)17-12-13-4-2-3-5-16(13)24-17/h2-5,10-11,14-15,17H,6-9,12H2,1H3,(H,21,23). The van der Waals surface area contributed by atoms with Crippen LogP contribution in [0, 0.1) is 0 Å². The molecule has 1 fully saturated rings. The van der Waals surface area contributed by atoms with Gasteiger partial charge in [-0.1, -0.05) is 30.0 Å². The fourth-order valence-corrected chi connectivity index (χ4v) is 4.72. The molecule has 4 rings (SSSR count). The van der Waals surface area contributed by atoms with Crippen LogP contribution in [-0.4, -0.2) is 32.9 Å². The van der Waals surface area contributed by atoms with E-state index in [0.29, 0.717) is 11.7 Å². The van der Waals surface area contributed by atoms with Gasteiger partial charge in [-0.3, -0.25) is 4.79 Å². The van der Waals surface area contributed by atoms with E-state index in [1.165, 1.54) is 0 Å². The molecule has 5 nitrogen and oxygen atoms in total. The first kappa shape index (κ1) is 16.5. The van der Waals surface area contributed by atoms with Gasteiger partial charge in [-0.05, 0) is 37.3 Å². The Morgan fingerprint density at radius 3 is 2.80 bits per heavy atom. The van der Waals surface area contributed by atoms with E-state index in [1.54, 1.807) is 0 Å². The van der Waals surface area contributed by atoms with Crippen LogP contribution in [0.2, 0.25) is 0 Å². The molecule has 1 amide bonds. The van der Waals surface area contributed by atoms with Gasteiger partial charge in [0.2, 0.25) is 0 Å². The summed E-state index contributed by atoms with van der Waals surface area (Å²) in [7, 11) is 2.03. The summed E-state index contributed by atoms with van der Waals surface area (Å²) >= 11 is 1.85. The van der Waals surface area contributed by atoms with Crippen LogP contribution in [-0.2, 0) is 18.3 Å². The highest BCUT2D eigenvalue weighted by Gasteiger charge is 2.31. The lowest BCUT2D eigenvalue weighted by molar-refractivity contribution is -0.128. The van der Waals surface area contributed by atoms with Gasteiger partial charge in [-0.15, -0.1) is 0 Å². The third-order valence-electron chi connectivity index (χ3n) is 5.01. The summed E-state index contributed by atoms with van der Waals surface area (Å²) in [5.74, 6) is 0.870. The van der Waals surface area contributed by atoms with E-state index in [0.717, 1.165) is 42.2 Å². The van der Waals surface area contributed by atoms with Gasteiger partial charge in [-0.2, -0.15) is 0 Å². The van der Waals surface area contributed by atoms with Crippen molar-refractivity contribution in [3.05, 3.63) is 42.2 Å². The molecule has 6 heteroatoms. The summed E-state index contributed by atoms with van der Waals surface area (Å²) in [5.41, 5.74) is 1.12.